The normalized spacial score (nSPS) is 27.6. The maximum Gasteiger partial charge on any atom is 0.407 e. The number of nitrogens with zero attached hydrogens (tertiary/aromatic N) is 2. The van der Waals surface area contributed by atoms with Crippen molar-refractivity contribution >= 4 is 41.0 Å². The predicted octanol–water partition coefficient (Wildman–Crippen LogP) is 6.72. The van der Waals surface area contributed by atoms with Gasteiger partial charge in [-0.05, 0) is 81.4 Å². The Labute approximate surface area is 240 Å². The molecule has 1 aromatic rings. The van der Waals surface area contributed by atoms with Gasteiger partial charge in [-0.1, -0.05) is 38.4 Å². The molecular weight excluding hydrogens is 533 g/mol. The third-order valence-corrected chi connectivity index (χ3v) is 7.81. The van der Waals surface area contributed by atoms with Gasteiger partial charge in [-0.15, -0.1) is 0 Å². The number of carbonyl (C=O) groups excluding carboxylic acids is 2. The summed E-state index contributed by atoms with van der Waals surface area (Å²) in [6.07, 6.45) is 8.30. The largest absolute Gasteiger partial charge is 0.504 e. The number of aromatic hydroxyl groups is 1. The number of amides is 1. The SMILES string of the molecule is CC(C)C(=O)C1C=NC2C(=CC(c3cc(F)c(O)c(Cl)c3)=CC2C)C1=NC1CCC(NC(=O)OC(C)(C)C)CC1. The average molecular weight is 572 g/mol. The molecule has 3 aliphatic rings. The molecule has 1 amide bonds. The standard InChI is InChI=1S/C31H39ClFN3O4/c1-16(2)28(37)23-15-34-26-17(3)11-18(19-13-24(32)29(38)25(33)14-19)12-22(26)27(23)35-20-7-9-21(10-8-20)36-30(39)40-31(4,5)6/h11-17,20-21,23,26,38H,7-10H2,1-6H3,(H,36,39). The molecule has 3 unspecified atom stereocenters. The number of alkyl carbamates (subject to hydrolysis) is 1. The van der Waals surface area contributed by atoms with Gasteiger partial charge < -0.3 is 15.2 Å². The van der Waals surface area contributed by atoms with Crippen molar-refractivity contribution in [3.05, 3.63) is 46.3 Å². The van der Waals surface area contributed by atoms with Crippen molar-refractivity contribution in [1.29, 1.82) is 0 Å². The second-order valence-electron chi connectivity index (χ2n) is 12.3. The summed E-state index contributed by atoms with van der Waals surface area (Å²) in [5.74, 6) is -2.12. The van der Waals surface area contributed by atoms with E-state index in [4.69, 9.17) is 26.3 Å². The number of hydrogen-bond donors (Lipinski definition) is 2. The molecule has 0 aromatic heterocycles. The van der Waals surface area contributed by atoms with Crippen molar-refractivity contribution in [2.75, 3.05) is 0 Å². The van der Waals surface area contributed by atoms with Crippen LogP contribution in [0.25, 0.3) is 5.57 Å². The Balaban J connectivity index is 1.63. The second-order valence-corrected chi connectivity index (χ2v) is 12.7. The van der Waals surface area contributed by atoms with Gasteiger partial charge in [0.2, 0.25) is 0 Å². The molecule has 7 nitrogen and oxygen atoms in total. The fraction of sp³-hybridized carbons (Fsp3) is 0.548. The van der Waals surface area contributed by atoms with Gasteiger partial charge in [0.15, 0.2) is 11.6 Å². The lowest BCUT2D eigenvalue weighted by atomic mass is 9.76. The highest BCUT2D eigenvalue weighted by Crippen LogP contribution is 2.38. The Morgan fingerprint density at radius 1 is 1.20 bits per heavy atom. The summed E-state index contributed by atoms with van der Waals surface area (Å²) in [7, 11) is 0. The quantitative estimate of drug-likeness (QED) is 0.410. The topological polar surface area (TPSA) is 100 Å². The highest BCUT2D eigenvalue weighted by molar-refractivity contribution is 6.32. The lowest BCUT2D eigenvalue weighted by Gasteiger charge is -2.35. The molecule has 1 fully saturated rings. The third kappa shape index (κ3) is 6.82. The minimum Gasteiger partial charge on any atom is -0.504 e. The number of Topliss-reactive ketones (excluding diaryl/α,β-unsaturated/α-hetero) is 1. The number of nitrogens with one attached hydrogen (secondary N) is 1. The van der Waals surface area contributed by atoms with E-state index < -0.39 is 29.2 Å². The molecule has 0 spiro atoms. The number of hydrogen-bond acceptors (Lipinski definition) is 6. The van der Waals surface area contributed by atoms with E-state index in [1.807, 2.05) is 53.7 Å². The third-order valence-electron chi connectivity index (χ3n) is 7.52. The number of fused-ring (bicyclic) bond motifs is 1. The first-order valence-corrected chi connectivity index (χ1v) is 14.4. The first-order valence-electron chi connectivity index (χ1n) is 14.0. The summed E-state index contributed by atoms with van der Waals surface area (Å²) in [6, 6.07) is 2.59. The Kier molecular flexibility index (Phi) is 8.88. The summed E-state index contributed by atoms with van der Waals surface area (Å²) in [6.45, 7) is 11.3. The summed E-state index contributed by atoms with van der Waals surface area (Å²) in [5, 5.41) is 12.7. The number of halogens is 2. The minimum absolute atomic E-state index is 0.00702. The molecule has 216 valence electrons. The van der Waals surface area contributed by atoms with Crippen LogP contribution in [0.4, 0.5) is 9.18 Å². The number of phenolic OH excluding ortho intramolecular Hbond substituents is 1. The monoisotopic (exact) mass is 571 g/mol. The molecule has 2 aliphatic carbocycles. The maximum atomic E-state index is 14.4. The molecular formula is C31H39ClFN3O4. The Morgan fingerprint density at radius 2 is 1.88 bits per heavy atom. The molecule has 1 aliphatic heterocycles. The molecule has 0 saturated heterocycles. The Morgan fingerprint density at radius 3 is 2.48 bits per heavy atom. The fourth-order valence-electron chi connectivity index (χ4n) is 5.48. The number of rotatable bonds is 5. The van der Waals surface area contributed by atoms with Crippen LogP contribution in [0, 0.1) is 23.6 Å². The maximum absolute atomic E-state index is 14.4. The van der Waals surface area contributed by atoms with Crippen LogP contribution in [0.3, 0.4) is 0 Å². The lowest BCUT2D eigenvalue weighted by molar-refractivity contribution is -0.122. The zero-order chi connectivity index (χ0) is 29.4. The number of carbonyl (C=O) groups is 2. The van der Waals surface area contributed by atoms with Crippen LogP contribution in [-0.2, 0) is 9.53 Å². The summed E-state index contributed by atoms with van der Waals surface area (Å²) < 4.78 is 19.8. The van der Waals surface area contributed by atoms with E-state index in [9.17, 15) is 19.1 Å². The van der Waals surface area contributed by atoms with Crippen molar-refractivity contribution in [3.63, 3.8) is 0 Å². The van der Waals surface area contributed by atoms with Gasteiger partial charge in [-0.2, -0.15) is 0 Å². The van der Waals surface area contributed by atoms with E-state index >= 15 is 0 Å². The molecule has 40 heavy (non-hydrogen) atoms. The van der Waals surface area contributed by atoms with Crippen LogP contribution in [0.2, 0.25) is 5.02 Å². The molecule has 2 N–H and O–H groups in total. The molecule has 0 radical (unpaired) electrons. The lowest BCUT2D eigenvalue weighted by Crippen LogP contribution is -2.42. The highest BCUT2D eigenvalue weighted by Gasteiger charge is 2.38. The van der Waals surface area contributed by atoms with Crippen molar-refractivity contribution in [3.8, 4) is 5.75 Å². The first-order chi connectivity index (χ1) is 18.7. The second kappa shape index (κ2) is 11.9. The molecule has 0 bridgehead atoms. The van der Waals surface area contributed by atoms with Crippen LogP contribution in [0.1, 0.15) is 72.8 Å². The van der Waals surface area contributed by atoms with Crippen molar-refractivity contribution in [1.82, 2.24) is 5.32 Å². The first kappa shape index (κ1) is 30.0. The highest BCUT2D eigenvalue weighted by atomic mass is 35.5. The number of ketones is 1. The van der Waals surface area contributed by atoms with Gasteiger partial charge in [0.25, 0.3) is 0 Å². The molecule has 3 atom stereocenters. The fourth-order valence-corrected chi connectivity index (χ4v) is 5.69. The summed E-state index contributed by atoms with van der Waals surface area (Å²) >= 11 is 6.08. The van der Waals surface area contributed by atoms with Crippen LogP contribution >= 0.6 is 11.6 Å². The van der Waals surface area contributed by atoms with Gasteiger partial charge in [-0.25, -0.2) is 9.18 Å². The van der Waals surface area contributed by atoms with E-state index in [2.05, 4.69) is 5.32 Å². The van der Waals surface area contributed by atoms with Crippen LogP contribution in [0.5, 0.6) is 5.75 Å². The molecule has 4 rings (SSSR count). The van der Waals surface area contributed by atoms with Gasteiger partial charge in [-0.3, -0.25) is 14.8 Å². The molecule has 9 heteroatoms. The van der Waals surface area contributed by atoms with Gasteiger partial charge in [0.05, 0.1) is 28.7 Å². The zero-order valence-corrected chi connectivity index (χ0v) is 24.8. The smallest absolute Gasteiger partial charge is 0.407 e. The van der Waals surface area contributed by atoms with Crippen molar-refractivity contribution < 1.29 is 23.8 Å². The van der Waals surface area contributed by atoms with Crippen molar-refractivity contribution in [2.24, 2.45) is 27.7 Å². The Bertz CT molecular complexity index is 1260. The zero-order valence-electron chi connectivity index (χ0n) is 24.0. The number of phenols is 1. The molecule has 1 heterocycles. The predicted molar refractivity (Wildman–Crippen MR) is 157 cm³/mol. The van der Waals surface area contributed by atoms with Gasteiger partial charge in [0.1, 0.15) is 11.4 Å². The van der Waals surface area contributed by atoms with E-state index in [1.165, 1.54) is 12.1 Å². The number of aliphatic imine (C=N–C) groups is 2. The average Bonchev–Trinajstić information content (AvgIpc) is 2.86. The van der Waals surface area contributed by atoms with Crippen LogP contribution < -0.4 is 5.32 Å². The van der Waals surface area contributed by atoms with E-state index in [-0.39, 0.29) is 40.8 Å². The number of ether oxygens (including phenoxy) is 1. The molecule has 1 saturated carbocycles. The van der Waals surface area contributed by atoms with Gasteiger partial charge in [0, 0.05) is 24.1 Å². The van der Waals surface area contributed by atoms with E-state index in [1.54, 1.807) is 6.21 Å². The number of benzene rings is 1. The van der Waals surface area contributed by atoms with Crippen LogP contribution in [0.15, 0.2) is 39.8 Å². The summed E-state index contributed by atoms with van der Waals surface area (Å²) in [4.78, 5) is 35.5. The van der Waals surface area contributed by atoms with E-state index in [0.29, 0.717) is 11.3 Å². The van der Waals surface area contributed by atoms with Crippen molar-refractivity contribution in [2.45, 2.75) is 91.0 Å². The van der Waals surface area contributed by atoms with E-state index in [0.717, 1.165) is 36.8 Å². The number of allylic oxidation sites excluding steroid dienone is 2. The summed E-state index contributed by atoms with van der Waals surface area (Å²) in [5.41, 5.74) is 2.28. The van der Waals surface area contributed by atoms with Crippen LogP contribution in [-0.4, -0.2) is 52.6 Å². The molecule has 1 aromatic carbocycles. The minimum atomic E-state index is -0.795. The Hall–Kier alpha value is -3.00. The van der Waals surface area contributed by atoms with Gasteiger partial charge >= 0.3 is 6.09 Å².